The van der Waals surface area contributed by atoms with E-state index in [0.717, 1.165) is 42.4 Å². The average molecular weight is 332 g/mol. The molecule has 2 N–H and O–H groups in total. The number of nitrogen functional groups attached to an aromatic ring is 1. The van der Waals surface area contributed by atoms with Crippen molar-refractivity contribution in [2.45, 2.75) is 38.7 Å². The molecule has 2 heterocycles. The number of hydrogen-bond acceptors (Lipinski definition) is 5. The number of methoxy groups -OCH3 is 1. The van der Waals surface area contributed by atoms with E-state index < -0.39 is 0 Å². The molecule has 0 spiro atoms. The molecule has 0 aliphatic carbocycles. The predicted molar refractivity (Wildman–Crippen MR) is 94.9 cm³/mol. The van der Waals surface area contributed by atoms with Crippen LogP contribution in [0.3, 0.4) is 0 Å². The Bertz CT molecular complexity index is 582. The minimum absolute atomic E-state index is 0.0640. The van der Waals surface area contributed by atoms with Crippen LogP contribution in [0.15, 0.2) is 18.2 Å². The lowest BCUT2D eigenvalue weighted by atomic mass is 9.91. The fourth-order valence-electron chi connectivity index (χ4n) is 3.69. The summed E-state index contributed by atoms with van der Waals surface area (Å²) < 4.78 is 10.8. The molecule has 2 saturated heterocycles. The fourth-order valence-corrected chi connectivity index (χ4v) is 3.69. The number of carbonyl (C=O) groups is 1. The maximum Gasteiger partial charge on any atom is 0.308 e. The summed E-state index contributed by atoms with van der Waals surface area (Å²) in [5.41, 5.74) is 9.24. The van der Waals surface area contributed by atoms with Gasteiger partial charge in [0, 0.05) is 19.7 Å². The van der Waals surface area contributed by atoms with Gasteiger partial charge >= 0.3 is 5.97 Å². The maximum atomic E-state index is 11.8. The van der Waals surface area contributed by atoms with Crippen LogP contribution >= 0.6 is 0 Å². The van der Waals surface area contributed by atoms with E-state index in [4.69, 9.17) is 15.2 Å². The lowest BCUT2D eigenvalue weighted by Gasteiger charge is -2.34. The molecular weight excluding hydrogens is 304 g/mol. The highest BCUT2D eigenvalue weighted by Crippen LogP contribution is 2.36. The maximum absolute atomic E-state index is 11.8. The Kier molecular flexibility index (Phi) is 5.29. The number of ether oxygens (including phenoxy) is 2. The van der Waals surface area contributed by atoms with Gasteiger partial charge in [0.1, 0.15) is 0 Å². The Balaban J connectivity index is 1.76. The van der Waals surface area contributed by atoms with E-state index in [1.165, 1.54) is 20.0 Å². The third-order valence-corrected chi connectivity index (χ3v) is 5.37. The fraction of sp³-hybridized carbons (Fsp3) is 0.632. The molecule has 2 aliphatic rings. The van der Waals surface area contributed by atoms with Crippen LogP contribution in [0.2, 0.25) is 0 Å². The lowest BCUT2D eigenvalue weighted by molar-refractivity contribution is -0.150. The Morgan fingerprint density at radius 1 is 1.29 bits per heavy atom. The molecule has 132 valence electrons. The van der Waals surface area contributed by atoms with E-state index >= 15 is 0 Å². The van der Waals surface area contributed by atoms with Crippen LogP contribution in [0.5, 0.6) is 0 Å². The Morgan fingerprint density at radius 3 is 2.75 bits per heavy atom. The number of rotatable bonds is 3. The summed E-state index contributed by atoms with van der Waals surface area (Å²) in [5, 5.41) is 0. The predicted octanol–water partition coefficient (Wildman–Crippen LogP) is 3.15. The first-order valence-corrected chi connectivity index (χ1v) is 8.92. The molecule has 0 amide bonds. The third kappa shape index (κ3) is 3.66. The van der Waals surface area contributed by atoms with E-state index in [2.05, 4.69) is 17.9 Å². The zero-order chi connectivity index (χ0) is 17.1. The van der Waals surface area contributed by atoms with Gasteiger partial charge in [0.25, 0.3) is 0 Å². The summed E-state index contributed by atoms with van der Waals surface area (Å²) in [6.45, 7) is 4.99. The van der Waals surface area contributed by atoms with Crippen LogP contribution in [0.1, 0.15) is 44.3 Å². The number of nitrogens with two attached hydrogens (primary N) is 1. The highest BCUT2D eigenvalue weighted by atomic mass is 16.5. The van der Waals surface area contributed by atoms with Crippen molar-refractivity contribution in [1.82, 2.24) is 0 Å². The molecule has 5 heteroatoms. The van der Waals surface area contributed by atoms with Crippen molar-refractivity contribution >= 4 is 17.3 Å². The Hall–Kier alpha value is -1.75. The standard InChI is InChI=1S/C19H28N2O3/c1-13-5-8-21(9-6-13)17-11-14(3-4-16(17)20)18-12-15(7-10-24-18)19(22)23-2/h3-4,11,13,15,18H,5-10,12,20H2,1-2H3. The van der Waals surface area contributed by atoms with E-state index in [-0.39, 0.29) is 18.0 Å². The molecule has 2 unspecified atom stereocenters. The van der Waals surface area contributed by atoms with E-state index in [0.29, 0.717) is 13.0 Å². The highest BCUT2D eigenvalue weighted by Gasteiger charge is 2.30. The molecule has 2 aliphatic heterocycles. The zero-order valence-corrected chi connectivity index (χ0v) is 14.7. The second kappa shape index (κ2) is 7.43. The first-order valence-electron chi connectivity index (χ1n) is 8.92. The van der Waals surface area contributed by atoms with Crippen LogP contribution in [-0.2, 0) is 14.3 Å². The topological polar surface area (TPSA) is 64.8 Å². The summed E-state index contributed by atoms with van der Waals surface area (Å²) in [6.07, 6.45) is 3.75. The van der Waals surface area contributed by atoms with Crippen LogP contribution < -0.4 is 10.6 Å². The molecule has 5 nitrogen and oxygen atoms in total. The smallest absolute Gasteiger partial charge is 0.308 e. The van der Waals surface area contributed by atoms with Crippen molar-refractivity contribution < 1.29 is 14.3 Å². The Labute approximate surface area is 144 Å². The van der Waals surface area contributed by atoms with Crippen LogP contribution in [0.4, 0.5) is 11.4 Å². The van der Waals surface area contributed by atoms with Crippen LogP contribution in [0, 0.1) is 11.8 Å². The molecular formula is C19H28N2O3. The summed E-state index contributed by atoms with van der Waals surface area (Å²) in [7, 11) is 1.45. The van der Waals surface area contributed by atoms with Gasteiger partial charge in [0.05, 0.1) is 30.5 Å². The molecule has 2 fully saturated rings. The van der Waals surface area contributed by atoms with Crippen molar-refractivity contribution in [2.24, 2.45) is 11.8 Å². The average Bonchev–Trinajstić information content (AvgIpc) is 2.62. The number of esters is 1. The Morgan fingerprint density at radius 2 is 2.04 bits per heavy atom. The lowest BCUT2D eigenvalue weighted by Crippen LogP contribution is -2.33. The number of carbonyl (C=O) groups excluding carboxylic acids is 1. The van der Waals surface area contributed by atoms with Crippen molar-refractivity contribution in [3.05, 3.63) is 23.8 Å². The van der Waals surface area contributed by atoms with Crippen molar-refractivity contribution in [3.63, 3.8) is 0 Å². The van der Waals surface area contributed by atoms with Gasteiger partial charge in [0.2, 0.25) is 0 Å². The molecule has 0 saturated carbocycles. The van der Waals surface area contributed by atoms with Gasteiger partial charge in [-0.05, 0) is 49.3 Å². The van der Waals surface area contributed by atoms with Crippen LogP contribution in [-0.4, -0.2) is 32.8 Å². The van der Waals surface area contributed by atoms with Gasteiger partial charge in [0.15, 0.2) is 0 Å². The number of nitrogens with zero attached hydrogens (tertiary/aromatic N) is 1. The van der Waals surface area contributed by atoms with E-state index in [9.17, 15) is 4.79 Å². The number of anilines is 2. The van der Waals surface area contributed by atoms with Crippen LogP contribution in [0.25, 0.3) is 0 Å². The minimum atomic E-state index is -0.135. The number of hydrogen-bond donors (Lipinski definition) is 1. The highest BCUT2D eigenvalue weighted by molar-refractivity contribution is 5.72. The number of benzene rings is 1. The SMILES string of the molecule is COC(=O)C1CCOC(c2ccc(N)c(N3CCC(C)CC3)c2)C1. The zero-order valence-electron chi connectivity index (χ0n) is 14.7. The van der Waals surface area contributed by atoms with Gasteiger partial charge in [-0.2, -0.15) is 0 Å². The van der Waals surface area contributed by atoms with Gasteiger partial charge in [-0.1, -0.05) is 13.0 Å². The quantitative estimate of drug-likeness (QED) is 0.680. The summed E-state index contributed by atoms with van der Waals surface area (Å²) in [4.78, 5) is 14.2. The first-order chi connectivity index (χ1) is 11.6. The van der Waals surface area contributed by atoms with Crippen molar-refractivity contribution in [3.8, 4) is 0 Å². The van der Waals surface area contributed by atoms with Gasteiger partial charge in [-0.25, -0.2) is 0 Å². The van der Waals surface area contributed by atoms with Gasteiger partial charge in [-0.15, -0.1) is 0 Å². The molecule has 1 aromatic rings. The second-order valence-electron chi connectivity index (χ2n) is 7.09. The molecule has 3 rings (SSSR count). The van der Waals surface area contributed by atoms with Gasteiger partial charge < -0.3 is 20.1 Å². The molecule has 1 aromatic carbocycles. The third-order valence-electron chi connectivity index (χ3n) is 5.37. The summed E-state index contributed by atoms with van der Waals surface area (Å²) >= 11 is 0. The second-order valence-corrected chi connectivity index (χ2v) is 7.09. The summed E-state index contributed by atoms with van der Waals surface area (Å²) in [6, 6.07) is 6.14. The van der Waals surface area contributed by atoms with E-state index in [1.54, 1.807) is 0 Å². The molecule has 0 bridgehead atoms. The van der Waals surface area contributed by atoms with Gasteiger partial charge in [-0.3, -0.25) is 4.79 Å². The molecule has 0 aromatic heterocycles. The number of piperidine rings is 1. The molecule has 24 heavy (non-hydrogen) atoms. The normalized spacial score (nSPS) is 25.5. The minimum Gasteiger partial charge on any atom is -0.469 e. The molecule has 0 radical (unpaired) electrons. The van der Waals surface area contributed by atoms with Crippen molar-refractivity contribution in [2.75, 3.05) is 37.4 Å². The monoisotopic (exact) mass is 332 g/mol. The largest absolute Gasteiger partial charge is 0.469 e. The first kappa shape index (κ1) is 17.1. The van der Waals surface area contributed by atoms with Crippen molar-refractivity contribution in [1.29, 1.82) is 0 Å². The molecule has 2 atom stereocenters. The van der Waals surface area contributed by atoms with E-state index in [1.807, 2.05) is 12.1 Å². The summed E-state index contributed by atoms with van der Waals surface area (Å²) in [5.74, 6) is 0.572.